The second kappa shape index (κ2) is 4.42. The molecule has 2 heteroatoms. The van der Waals surface area contributed by atoms with E-state index in [0.717, 1.165) is 12.0 Å². The van der Waals surface area contributed by atoms with E-state index in [2.05, 4.69) is 31.1 Å². The first-order chi connectivity index (χ1) is 7.12. The van der Waals surface area contributed by atoms with Crippen molar-refractivity contribution in [1.29, 1.82) is 0 Å². The van der Waals surface area contributed by atoms with Gasteiger partial charge in [0.1, 0.15) is 0 Å². The van der Waals surface area contributed by atoms with Crippen molar-refractivity contribution in [3.63, 3.8) is 0 Å². The first-order valence-electron chi connectivity index (χ1n) is 6.51. The number of hydrogen-bond acceptors (Lipinski definition) is 2. The van der Waals surface area contributed by atoms with Crippen LogP contribution >= 0.6 is 0 Å². The molecule has 0 aromatic rings. The zero-order chi connectivity index (χ0) is 10.9. The van der Waals surface area contributed by atoms with Gasteiger partial charge >= 0.3 is 0 Å². The van der Waals surface area contributed by atoms with E-state index in [9.17, 15) is 0 Å². The van der Waals surface area contributed by atoms with E-state index in [-0.39, 0.29) is 0 Å². The van der Waals surface area contributed by atoms with Gasteiger partial charge in [0.25, 0.3) is 0 Å². The van der Waals surface area contributed by atoms with E-state index in [0.29, 0.717) is 5.41 Å². The van der Waals surface area contributed by atoms with Crippen LogP contribution in [0.25, 0.3) is 0 Å². The molecule has 0 aromatic heterocycles. The third-order valence-electron chi connectivity index (χ3n) is 4.07. The highest BCUT2D eigenvalue weighted by Gasteiger charge is 2.41. The van der Waals surface area contributed by atoms with Gasteiger partial charge in [-0.25, -0.2) is 0 Å². The van der Waals surface area contributed by atoms with Gasteiger partial charge in [-0.05, 0) is 37.8 Å². The first kappa shape index (κ1) is 11.4. The summed E-state index contributed by atoms with van der Waals surface area (Å²) < 4.78 is 0. The molecule has 2 fully saturated rings. The van der Waals surface area contributed by atoms with Gasteiger partial charge in [-0.1, -0.05) is 26.7 Å². The largest absolute Gasteiger partial charge is 0.319 e. The van der Waals surface area contributed by atoms with Crippen LogP contribution in [0.15, 0.2) is 0 Å². The molecule has 88 valence electrons. The van der Waals surface area contributed by atoms with Crippen molar-refractivity contribution in [3.05, 3.63) is 0 Å². The van der Waals surface area contributed by atoms with Gasteiger partial charge in [-0.15, -0.1) is 0 Å². The molecule has 2 unspecified atom stereocenters. The highest BCUT2D eigenvalue weighted by atomic mass is 15.2. The molecule has 1 aliphatic heterocycles. The van der Waals surface area contributed by atoms with Gasteiger partial charge in [-0.2, -0.15) is 0 Å². The molecule has 0 spiro atoms. The fourth-order valence-corrected chi connectivity index (χ4v) is 3.46. The molecular weight excluding hydrogens is 184 g/mol. The van der Waals surface area contributed by atoms with Crippen molar-refractivity contribution in [3.8, 4) is 0 Å². The molecule has 15 heavy (non-hydrogen) atoms. The Balaban J connectivity index is 1.88. The monoisotopic (exact) mass is 210 g/mol. The quantitative estimate of drug-likeness (QED) is 0.767. The van der Waals surface area contributed by atoms with Crippen LogP contribution in [-0.4, -0.2) is 37.6 Å². The molecule has 2 aliphatic rings. The summed E-state index contributed by atoms with van der Waals surface area (Å²) in [4.78, 5) is 2.72. The van der Waals surface area contributed by atoms with Gasteiger partial charge in [0.15, 0.2) is 0 Å². The van der Waals surface area contributed by atoms with Crippen LogP contribution < -0.4 is 5.32 Å². The van der Waals surface area contributed by atoms with Crippen LogP contribution in [0.2, 0.25) is 0 Å². The van der Waals surface area contributed by atoms with Crippen molar-refractivity contribution >= 4 is 0 Å². The molecule has 0 amide bonds. The molecular formula is C13H26N2. The fourth-order valence-electron chi connectivity index (χ4n) is 3.46. The zero-order valence-electron chi connectivity index (χ0n) is 10.6. The molecule has 1 saturated carbocycles. The Hall–Kier alpha value is -0.0800. The highest BCUT2D eigenvalue weighted by Crippen LogP contribution is 2.37. The summed E-state index contributed by atoms with van der Waals surface area (Å²) in [6.07, 6.45) is 5.76. The van der Waals surface area contributed by atoms with Crippen LogP contribution in [0.1, 0.15) is 39.5 Å². The maximum absolute atomic E-state index is 3.36. The Bertz CT molecular complexity index is 203. The number of nitrogens with zero attached hydrogens (tertiary/aromatic N) is 1. The molecule has 1 N–H and O–H groups in total. The van der Waals surface area contributed by atoms with Crippen molar-refractivity contribution < 1.29 is 0 Å². The van der Waals surface area contributed by atoms with Crippen LogP contribution in [0, 0.1) is 11.3 Å². The van der Waals surface area contributed by atoms with Crippen molar-refractivity contribution in [1.82, 2.24) is 10.2 Å². The summed E-state index contributed by atoms with van der Waals surface area (Å²) in [6.45, 7) is 8.62. The summed E-state index contributed by atoms with van der Waals surface area (Å²) in [6, 6.07) is 0.874. The lowest BCUT2D eigenvalue weighted by Crippen LogP contribution is -2.60. The minimum Gasteiger partial charge on any atom is -0.319 e. The lowest BCUT2D eigenvalue weighted by Gasteiger charge is -2.53. The average Bonchev–Trinajstić information content (AvgIpc) is 2.15. The first-order valence-corrected chi connectivity index (χ1v) is 6.51. The van der Waals surface area contributed by atoms with E-state index < -0.39 is 0 Å². The van der Waals surface area contributed by atoms with E-state index >= 15 is 0 Å². The predicted molar refractivity (Wildman–Crippen MR) is 65.0 cm³/mol. The van der Waals surface area contributed by atoms with Crippen molar-refractivity contribution in [2.24, 2.45) is 11.3 Å². The van der Waals surface area contributed by atoms with E-state index in [4.69, 9.17) is 0 Å². The zero-order valence-corrected chi connectivity index (χ0v) is 10.6. The maximum Gasteiger partial charge on any atom is 0.0136 e. The predicted octanol–water partition coefficient (Wildman–Crippen LogP) is 2.11. The number of nitrogens with one attached hydrogen (secondary N) is 1. The molecule has 2 rings (SSSR count). The Morgan fingerprint density at radius 1 is 1.20 bits per heavy atom. The Labute approximate surface area is 94.4 Å². The van der Waals surface area contributed by atoms with Gasteiger partial charge in [-0.3, -0.25) is 4.90 Å². The second-order valence-electron chi connectivity index (χ2n) is 6.24. The summed E-state index contributed by atoms with van der Waals surface area (Å²) >= 11 is 0. The fraction of sp³-hybridized carbons (Fsp3) is 1.00. The topological polar surface area (TPSA) is 15.3 Å². The SMILES string of the molecule is CNCC1CCCCC1N1CC(C)(C)C1. The Kier molecular flexibility index (Phi) is 3.36. The third-order valence-corrected chi connectivity index (χ3v) is 4.07. The summed E-state index contributed by atoms with van der Waals surface area (Å²) in [5.41, 5.74) is 0.585. The third kappa shape index (κ3) is 2.54. The summed E-state index contributed by atoms with van der Waals surface area (Å²) in [5, 5.41) is 3.36. The van der Waals surface area contributed by atoms with Crippen LogP contribution in [0.3, 0.4) is 0 Å². The normalized spacial score (nSPS) is 36.2. The smallest absolute Gasteiger partial charge is 0.0136 e. The molecule has 1 aliphatic carbocycles. The second-order valence-corrected chi connectivity index (χ2v) is 6.24. The molecule has 2 atom stereocenters. The highest BCUT2D eigenvalue weighted by molar-refractivity contribution is 4.95. The lowest BCUT2D eigenvalue weighted by atomic mass is 9.77. The van der Waals surface area contributed by atoms with Gasteiger partial charge in [0.05, 0.1) is 0 Å². The van der Waals surface area contributed by atoms with Gasteiger partial charge < -0.3 is 5.32 Å². The van der Waals surface area contributed by atoms with Crippen LogP contribution in [0.4, 0.5) is 0 Å². The molecule has 0 radical (unpaired) electrons. The van der Waals surface area contributed by atoms with Crippen molar-refractivity contribution in [2.45, 2.75) is 45.6 Å². The molecule has 2 nitrogen and oxygen atoms in total. The standard InChI is InChI=1S/C13H26N2/c1-13(2)9-15(10-13)12-7-5-4-6-11(12)8-14-3/h11-12,14H,4-10H2,1-3H3. The van der Waals surface area contributed by atoms with E-state index in [1.165, 1.54) is 45.3 Å². The molecule has 0 bridgehead atoms. The summed E-state index contributed by atoms with van der Waals surface area (Å²) in [5.74, 6) is 0.903. The number of likely N-dealkylation sites (tertiary alicyclic amines) is 1. The van der Waals surface area contributed by atoms with Crippen molar-refractivity contribution in [2.75, 3.05) is 26.7 Å². The Morgan fingerprint density at radius 3 is 2.47 bits per heavy atom. The number of rotatable bonds is 3. The lowest BCUT2D eigenvalue weighted by molar-refractivity contribution is -0.0378. The Morgan fingerprint density at radius 2 is 1.87 bits per heavy atom. The minimum absolute atomic E-state index is 0.585. The minimum atomic E-state index is 0.585. The van der Waals surface area contributed by atoms with Crippen LogP contribution in [0.5, 0.6) is 0 Å². The number of hydrogen-bond donors (Lipinski definition) is 1. The van der Waals surface area contributed by atoms with Crippen LogP contribution in [-0.2, 0) is 0 Å². The van der Waals surface area contributed by atoms with E-state index in [1.807, 2.05) is 0 Å². The van der Waals surface area contributed by atoms with E-state index in [1.54, 1.807) is 0 Å². The summed E-state index contributed by atoms with van der Waals surface area (Å²) in [7, 11) is 2.09. The molecule has 0 aromatic carbocycles. The van der Waals surface area contributed by atoms with Gasteiger partial charge in [0, 0.05) is 19.1 Å². The maximum atomic E-state index is 3.36. The molecule has 1 saturated heterocycles. The average molecular weight is 210 g/mol. The van der Waals surface area contributed by atoms with Gasteiger partial charge in [0.2, 0.25) is 0 Å². The molecule has 1 heterocycles.